The molecule has 1 fully saturated rings. The minimum Gasteiger partial charge on any atom is -0.495 e. The van der Waals surface area contributed by atoms with Gasteiger partial charge in [-0.15, -0.1) is 0 Å². The average Bonchev–Trinajstić information content (AvgIpc) is 3.11. The Bertz CT molecular complexity index is 413. The van der Waals surface area contributed by atoms with E-state index >= 15 is 0 Å². The summed E-state index contributed by atoms with van der Waals surface area (Å²) in [5, 5.41) is 0. The molecule has 4 heteroatoms. The molecule has 0 aromatic heterocycles. The monoisotopic (exact) mass is 220 g/mol. The zero-order valence-electron chi connectivity index (χ0n) is 9.56. The van der Waals surface area contributed by atoms with Crippen LogP contribution in [0.15, 0.2) is 18.2 Å². The van der Waals surface area contributed by atoms with Gasteiger partial charge in [-0.25, -0.2) is 0 Å². The molecular weight excluding hydrogens is 204 g/mol. The largest absolute Gasteiger partial charge is 0.495 e. The summed E-state index contributed by atoms with van der Waals surface area (Å²) >= 11 is 0. The SMILES string of the molecule is COc1ccc(C(=O)N(C)C2CC2)cc1N. The molecule has 4 nitrogen and oxygen atoms in total. The number of amides is 1. The molecule has 0 bridgehead atoms. The standard InChI is InChI=1S/C12H16N2O2/c1-14(9-4-5-9)12(15)8-3-6-11(16-2)10(13)7-8/h3,6-7,9H,4-5,13H2,1-2H3. The van der Waals surface area contributed by atoms with E-state index in [-0.39, 0.29) is 5.91 Å². The molecule has 2 rings (SSSR count). The average molecular weight is 220 g/mol. The Hall–Kier alpha value is -1.71. The van der Waals surface area contributed by atoms with Crippen molar-refractivity contribution >= 4 is 11.6 Å². The van der Waals surface area contributed by atoms with Gasteiger partial charge >= 0.3 is 0 Å². The Labute approximate surface area is 95.0 Å². The van der Waals surface area contributed by atoms with E-state index in [0.29, 0.717) is 23.0 Å². The number of methoxy groups -OCH3 is 1. The second-order valence-electron chi connectivity index (χ2n) is 4.10. The van der Waals surface area contributed by atoms with Gasteiger partial charge in [0.1, 0.15) is 5.75 Å². The van der Waals surface area contributed by atoms with Crippen LogP contribution in [0.4, 0.5) is 5.69 Å². The molecule has 0 atom stereocenters. The van der Waals surface area contributed by atoms with Crippen LogP contribution in [-0.4, -0.2) is 31.0 Å². The van der Waals surface area contributed by atoms with E-state index in [1.807, 2.05) is 7.05 Å². The van der Waals surface area contributed by atoms with Crippen molar-refractivity contribution in [3.05, 3.63) is 23.8 Å². The number of benzene rings is 1. The van der Waals surface area contributed by atoms with Gasteiger partial charge in [-0.05, 0) is 31.0 Å². The number of rotatable bonds is 3. The maximum Gasteiger partial charge on any atom is 0.253 e. The third-order valence-corrected chi connectivity index (χ3v) is 2.89. The summed E-state index contributed by atoms with van der Waals surface area (Å²) in [6.07, 6.45) is 2.21. The minimum absolute atomic E-state index is 0.0249. The third kappa shape index (κ3) is 1.96. The van der Waals surface area contributed by atoms with E-state index < -0.39 is 0 Å². The quantitative estimate of drug-likeness (QED) is 0.785. The fraction of sp³-hybridized carbons (Fsp3) is 0.417. The van der Waals surface area contributed by atoms with Gasteiger partial charge < -0.3 is 15.4 Å². The highest BCUT2D eigenvalue weighted by molar-refractivity contribution is 5.95. The van der Waals surface area contributed by atoms with E-state index in [0.717, 1.165) is 12.8 Å². The smallest absolute Gasteiger partial charge is 0.253 e. The van der Waals surface area contributed by atoms with Gasteiger partial charge in [-0.2, -0.15) is 0 Å². The molecule has 86 valence electrons. The Kier molecular flexibility index (Phi) is 2.73. The lowest BCUT2D eigenvalue weighted by molar-refractivity contribution is 0.0785. The van der Waals surface area contributed by atoms with Crippen LogP contribution in [0.5, 0.6) is 5.75 Å². The topological polar surface area (TPSA) is 55.6 Å². The number of nitrogen functional groups attached to an aromatic ring is 1. The Morgan fingerprint density at radius 3 is 2.69 bits per heavy atom. The number of hydrogen-bond acceptors (Lipinski definition) is 3. The van der Waals surface area contributed by atoms with Crippen molar-refractivity contribution in [2.45, 2.75) is 18.9 Å². The van der Waals surface area contributed by atoms with Crippen LogP contribution in [0.25, 0.3) is 0 Å². The number of nitrogens with zero attached hydrogens (tertiary/aromatic N) is 1. The van der Waals surface area contributed by atoms with Crippen LogP contribution in [0.1, 0.15) is 23.2 Å². The summed E-state index contributed by atoms with van der Waals surface area (Å²) in [7, 11) is 3.39. The van der Waals surface area contributed by atoms with Crippen molar-refractivity contribution in [2.75, 3.05) is 19.9 Å². The summed E-state index contributed by atoms with van der Waals surface area (Å²) in [4.78, 5) is 13.8. The summed E-state index contributed by atoms with van der Waals surface area (Å²) in [5.74, 6) is 0.627. The fourth-order valence-electron chi connectivity index (χ4n) is 1.70. The van der Waals surface area contributed by atoms with Crippen molar-refractivity contribution in [3.8, 4) is 5.75 Å². The Morgan fingerprint density at radius 2 is 2.19 bits per heavy atom. The van der Waals surface area contributed by atoms with Gasteiger partial charge in [0.2, 0.25) is 0 Å². The lowest BCUT2D eigenvalue weighted by Crippen LogP contribution is -2.28. The van der Waals surface area contributed by atoms with Crippen molar-refractivity contribution in [1.82, 2.24) is 4.90 Å². The molecule has 1 aliphatic rings. The molecule has 1 aromatic carbocycles. The molecule has 0 spiro atoms. The van der Waals surface area contributed by atoms with Crippen molar-refractivity contribution in [1.29, 1.82) is 0 Å². The van der Waals surface area contributed by atoms with E-state index in [9.17, 15) is 4.79 Å². The molecule has 1 aliphatic carbocycles. The molecule has 1 amide bonds. The second kappa shape index (κ2) is 4.04. The molecule has 1 aromatic rings. The van der Waals surface area contributed by atoms with E-state index in [1.165, 1.54) is 0 Å². The maximum atomic E-state index is 12.0. The van der Waals surface area contributed by atoms with Crippen LogP contribution >= 0.6 is 0 Å². The third-order valence-electron chi connectivity index (χ3n) is 2.89. The van der Waals surface area contributed by atoms with Crippen LogP contribution in [0.2, 0.25) is 0 Å². The summed E-state index contributed by atoms with van der Waals surface area (Å²) in [6, 6.07) is 5.55. The van der Waals surface area contributed by atoms with Crippen LogP contribution < -0.4 is 10.5 Å². The van der Waals surface area contributed by atoms with Crippen LogP contribution in [0, 0.1) is 0 Å². The van der Waals surface area contributed by atoms with Gasteiger partial charge in [0.25, 0.3) is 5.91 Å². The molecule has 2 N–H and O–H groups in total. The van der Waals surface area contributed by atoms with E-state index in [1.54, 1.807) is 30.2 Å². The van der Waals surface area contributed by atoms with Crippen molar-refractivity contribution in [3.63, 3.8) is 0 Å². The first-order chi connectivity index (χ1) is 7.63. The second-order valence-corrected chi connectivity index (χ2v) is 4.10. The first kappa shape index (κ1) is 10.8. The Morgan fingerprint density at radius 1 is 1.50 bits per heavy atom. The van der Waals surface area contributed by atoms with E-state index in [2.05, 4.69) is 0 Å². The summed E-state index contributed by atoms with van der Waals surface area (Å²) in [5.41, 5.74) is 6.88. The van der Waals surface area contributed by atoms with Crippen molar-refractivity contribution < 1.29 is 9.53 Å². The highest BCUT2D eigenvalue weighted by atomic mass is 16.5. The summed E-state index contributed by atoms with van der Waals surface area (Å²) < 4.78 is 5.05. The molecule has 0 heterocycles. The number of carbonyl (C=O) groups excluding carboxylic acids is 1. The fourth-order valence-corrected chi connectivity index (χ4v) is 1.70. The molecule has 0 saturated heterocycles. The van der Waals surface area contributed by atoms with Gasteiger partial charge in [-0.1, -0.05) is 0 Å². The molecule has 1 saturated carbocycles. The number of ether oxygens (including phenoxy) is 1. The molecular formula is C12H16N2O2. The minimum atomic E-state index is 0.0249. The molecule has 16 heavy (non-hydrogen) atoms. The first-order valence-electron chi connectivity index (χ1n) is 5.34. The number of carbonyl (C=O) groups is 1. The number of nitrogens with two attached hydrogens (primary N) is 1. The van der Waals surface area contributed by atoms with Crippen molar-refractivity contribution in [2.24, 2.45) is 0 Å². The highest BCUT2D eigenvalue weighted by Gasteiger charge is 2.30. The lowest BCUT2D eigenvalue weighted by Gasteiger charge is -2.16. The number of hydrogen-bond donors (Lipinski definition) is 1. The lowest BCUT2D eigenvalue weighted by atomic mass is 10.1. The van der Waals surface area contributed by atoms with Gasteiger partial charge in [0.15, 0.2) is 0 Å². The predicted molar refractivity (Wildman–Crippen MR) is 62.5 cm³/mol. The van der Waals surface area contributed by atoms with Crippen LogP contribution in [0.3, 0.4) is 0 Å². The molecule has 0 aliphatic heterocycles. The molecule has 0 unspecified atom stereocenters. The first-order valence-corrected chi connectivity index (χ1v) is 5.34. The zero-order chi connectivity index (χ0) is 11.7. The maximum absolute atomic E-state index is 12.0. The van der Waals surface area contributed by atoms with E-state index in [4.69, 9.17) is 10.5 Å². The van der Waals surface area contributed by atoms with Crippen LogP contribution in [-0.2, 0) is 0 Å². The predicted octanol–water partition coefficient (Wildman–Crippen LogP) is 1.51. The highest BCUT2D eigenvalue weighted by Crippen LogP contribution is 2.28. The normalized spacial score (nSPS) is 14.6. The van der Waals surface area contributed by atoms with Gasteiger partial charge in [-0.3, -0.25) is 4.79 Å². The van der Waals surface area contributed by atoms with Gasteiger partial charge in [0, 0.05) is 18.7 Å². The zero-order valence-corrected chi connectivity index (χ0v) is 9.56. The summed E-state index contributed by atoms with van der Waals surface area (Å²) in [6.45, 7) is 0. The molecule has 0 radical (unpaired) electrons. The number of anilines is 1. The Balaban J connectivity index is 2.20. The van der Waals surface area contributed by atoms with Gasteiger partial charge in [0.05, 0.1) is 12.8 Å².